The lowest BCUT2D eigenvalue weighted by Crippen LogP contribution is -2.14. The highest BCUT2D eigenvalue weighted by Gasteiger charge is 2.10. The van der Waals surface area contributed by atoms with Gasteiger partial charge in [0, 0.05) is 25.0 Å². The van der Waals surface area contributed by atoms with E-state index in [4.69, 9.17) is 11.6 Å². The first-order valence-corrected chi connectivity index (χ1v) is 7.76. The van der Waals surface area contributed by atoms with Crippen LogP contribution in [0.1, 0.15) is 23.6 Å². The third-order valence-corrected chi connectivity index (χ3v) is 3.92. The van der Waals surface area contributed by atoms with Crippen molar-refractivity contribution < 1.29 is 8.78 Å². The van der Waals surface area contributed by atoms with Crippen LogP contribution in [0.4, 0.5) is 14.5 Å². The molecule has 0 N–H and O–H groups in total. The van der Waals surface area contributed by atoms with Crippen LogP contribution in [0.25, 0.3) is 0 Å². The van der Waals surface area contributed by atoms with Gasteiger partial charge >= 0.3 is 0 Å². The Bertz CT molecular complexity index is 729. The van der Waals surface area contributed by atoms with E-state index in [1.165, 1.54) is 18.2 Å². The van der Waals surface area contributed by atoms with Gasteiger partial charge in [-0.2, -0.15) is 0 Å². The maximum atomic E-state index is 14.2. The average molecular weight is 337 g/mol. The second-order valence-corrected chi connectivity index (χ2v) is 5.90. The van der Waals surface area contributed by atoms with Gasteiger partial charge in [0.1, 0.15) is 17.3 Å². The van der Waals surface area contributed by atoms with Crippen LogP contribution in [0.15, 0.2) is 35.3 Å². The Labute approximate surface area is 140 Å². The lowest BCUT2D eigenvalue weighted by molar-refractivity contribution is 0.551. The molecular weight excluding hydrogens is 318 g/mol. The lowest BCUT2D eigenvalue weighted by atomic mass is 9.99. The minimum atomic E-state index is -0.422. The van der Waals surface area contributed by atoms with Crippen LogP contribution in [-0.2, 0) is 6.42 Å². The number of benzene rings is 2. The van der Waals surface area contributed by atoms with Crippen molar-refractivity contribution in [2.45, 2.75) is 20.3 Å². The summed E-state index contributed by atoms with van der Waals surface area (Å²) in [5, 5.41) is 0.461. The molecule has 0 atom stereocenters. The van der Waals surface area contributed by atoms with Crippen LogP contribution in [0, 0.1) is 18.6 Å². The van der Waals surface area contributed by atoms with Crippen molar-refractivity contribution in [2.75, 3.05) is 13.6 Å². The minimum Gasteiger partial charge on any atom is -0.366 e. The smallest absolute Gasteiger partial charge is 0.149 e. The van der Waals surface area contributed by atoms with Crippen LogP contribution >= 0.6 is 11.6 Å². The van der Waals surface area contributed by atoms with Gasteiger partial charge in [-0.1, -0.05) is 11.6 Å². The first kappa shape index (κ1) is 17.4. The first-order chi connectivity index (χ1) is 10.9. The molecule has 2 aromatic rings. The molecule has 0 unspecified atom stereocenters. The van der Waals surface area contributed by atoms with Crippen LogP contribution < -0.4 is 0 Å². The molecule has 0 radical (unpaired) electrons. The predicted octanol–water partition coefficient (Wildman–Crippen LogP) is 5.13. The summed E-state index contributed by atoms with van der Waals surface area (Å²) in [4.78, 5) is 6.00. The summed E-state index contributed by atoms with van der Waals surface area (Å²) < 4.78 is 28.0. The third-order valence-electron chi connectivity index (χ3n) is 3.69. The Morgan fingerprint density at radius 3 is 2.57 bits per heavy atom. The summed E-state index contributed by atoms with van der Waals surface area (Å²) in [6, 6.07) is 7.47. The molecule has 0 fully saturated rings. The highest BCUT2D eigenvalue weighted by atomic mass is 35.5. The fraction of sp³-hybridized carbons (Fsp3) is 0.278. The Hall–Kier alpha value is -1.94. The van der Waals surface area contributed by atoms with E-state index in [2.05, 4.69) is 4.99 Å². The van der Waals surface area contributed by atoms with E-state index >= 15 is 0 Å². The van der Waals surface area contributed by atoms with Crippen molar-refractivity contribution >= 4 is 23.6 Å². The van der Waals surface area contributed by atoms with Crippen LogP contribution in [0.3, 0.4) is 0 Å². The van der Waals surface area contributed by atoms with Gasteiger partial charge in [-0.25, -0.2) is 13.8 Å². The Morgan fingerprint density at radius 2 is 1.87 bits per heavy atom. The molecule has 0 spiro atoms. The van der Waals surface area contributed by atoms with Gasteiger partial charge in [-0.15, -0.1) is 0 Å². The molecule has 0 aliphatic carbocycles. The molecule has 2 aromatic carbocycles. The lowest BCUT2D eigenvalue weighted by Gasteiger charge is -2.11. The third kappa shape index (κ3) is 4.52. The van der Waals surface area contributed by atoms with Crippen LogP contribution in [0.2, 0.25) is 5.02 Å². The fourth-order valence-corrected chi connectivity index (χ4v) is 2.32. The number of rotatable bonds is 5. The summed E-state index contributed by atoms with van der Waals surface area (Å²) in [6.07, 6.45) is 1.88. The topological polar surface area (TPSA) is 15.6 Å². The minimum absolute atomic E-state index is 0.276. The Kier molecular flexibility index (Phi) is 5.72. The molecule has 0 saturated heterocycles. The van der Waals surface area contributed by atoms with Gasteiger partial charge in [0.15, 0.2) is 0 Å². The van der Waals surface area contributed by atoms with E-state index in [-0.39, 0.29) is 17.9 Å². The zero-order valence-electron chi connectivity index (χ0n) is 13.4. The highest BCUT2D eigenvalue weighted by molar-refractivity contribution is 6.30. The van der Waals surface area contributed by atoms with E-state index in [0.29, 0.717) is 16.1 Å². The fourth-order valence-electron chi connectivity index (χ4n) is 2.12. The molecular formula is C18H19ClF2N2. The molecule has 2 nitrogen and oxygen atoms in total. The summed E-state index contributed by atoms with van der Waals surface area (Å²) in [6.45, 7) is 4.63. The van der Waals surface area contributed by atoms with E-state index in [0.717, 1.165) is 12.1 Å². The molecule has 122 valence electrons. The Morgan fingerprint density at radius 1 is 1.13 bits per heavy atom. The van der Waals surface area contributed by atoms with Gasteiger partial charge in [-0.3, -0.25) is 0 Å². The van der Waals surface area contributed by atoms with Crippen molar-refractivity contribution in [2.24, 2.45) is 4.99 Å². The standard InChI is InChI=1S/C18H19ClF2N2/c1-4-23(3)11-22-18-7-12(2)13(10-17(18)21)8-14-9-15(19)5-6-16(14)20/h5-7,9-11H,4,8H2,1-3H3. The zero-order valence-corrected chi connectivity index (χ0v) is 14.2. The Balaban J connectivity index is 2.29. The monoisotopic (exact) mass is 336 g/mol. The molecule has 0 aliphatic rings. The van der Waals surface area contributed by atoms with Crippen molar-refractivity contribution in [3.8, 4) is 0 Å². The summed E-state index contributed by atoms with van der Waals surface area (Å²) in [7, 11) is 1.87. The number of hydrogen-bond acceptors (Lipinski definition) is 1. The molecule has 5 heteroatoms. The van der Waals surface area contributed by atoms with Crippen molar-refractivity contribution in [1.29, 1.82) is 0 Å². The van der Waals surface area contributed by atoms with Crippen molar-refractivity contribution in [3.63, 3.8) is 0 Å². The number of aliphatic imine (C=N–C) groups is 1. The van der Waals surface area contributed by atoms with Crippen molar-refractivity contribution in [3.05, 3.63) is 63.7 Å². The van der Waals surface area contributed by atoms with Crippen LogP contribution in [-0.4, -0.2) is 24.8 Å². The first-order valence-electron chi connectivity index (χ1n) is 7.38. The van der Waals surface area contributed by atoms with Gasteiger partial charge in [0.05, 0.1) is 6.34 Å². The number of hydrogen-bond donors (Lipinski definition) is 0. The second-order valence-electron chi connectivity index (χ2n) is 5.46. The summed E-state index contributed by atoms with van der Waals surface area (Å²) in [5.74, 6) is -0.769. The van der Waals surface area contributed by atoms with Gasteiger partial charge in [-0.05, 0) is 60.9 Å². The van der Waals surface area contributed by atoms with Gasteiger partial charge in [0.25, 0.3) is 0 Å². The maximum absolute atomic E-state index is 14.2. The quantitative estimate of drug-likeness (QED) is 0.546. The average Bonchev–Trinajstić information content (AvgIpc) is 2.52. The van der Waals surface area contributed by atoms with Gasteiger partial charge in [0.2, 0.25) is 0 Å². The van der Waals surface area contributed by atoms with E-state index in [1.54, 1.807) is 18.5 Å². The normalized spacial score (nSPS) is 11.2. The summed E-state index contributed by atoms with van der Waals surface area (Å²) >= 11 is 5.90. The largest absolute Gasteiger partial charge is 0.366 e. The highest BCUT2D eigenvalue weighted by Crippen LogP contribution is 2.26. The number of nitrogens with zero attached hydrogens (tertiary/aromatic N) is 2. The maximum Gasteiger partial charge on any atom is 0.149 e. The van der Waals surface area contributed by atoms with Crippen LogP contribution in [0.5, 0.6) is 0 Å². The second kappa shape index (κ2) is 7.55. The predicted molar refractivity (Wildman–Crippen MR) is 91.8 cm³/mol. The molecule has 0 aliphatic heterocycles. The number of aryl methyl sites for hydroxylation is 1. The van der Waals surface area contributed by atoms with E-state index in [1.807, 2.05) is 25.8 Å². The molecule has 2 rings (SSSR count). The van der Waals surface area contributed by atoms with E-state index in [9.17, 15) is 8.78 Å². The molecule has 0 heterocycles. The van der Waals surface area contributed by atoms with Crippen molar-refractivity contribution in [1.82, 2.24) is 4.90 Å². The molecule has 0 amide bonds. The molecule has 0 aromatic heterocycles. The molecule has 0 saturated carbocycles. The number of halogens is 3. The zero-order chi connectivity index (χ0) is 17.0. The summed E-state index contributed by atoms with van der Waals surface area (Å²) in [5.41, 5.74) is 2.30. The molecule has 0 bridgehead atoms. The van der Waals surface area contributed by atoms with E-state index < -0.39 is 5.82 Å². The SMILES string of the molecule is CCN(C)C=Nc1cc(C)c(Cc2cc(Cl)ccc2F)cc1F. The molecule has 23 heavy (non-hydrogen) atoms. The van der Waals surface area contributed by atoms with Gasteiger partial charge < -0.3 is 4.90 Å².